The maximum Gasteiger partial charge on any atom is 0.416 e. The van der Waals surface area contributed by atoms with Crippen molar-refractivity contribution in [2.75, 3.05) is 25.0 Å². The molecule has 1 unspecified atom stereocenters. The fraction of sp³-hybridized carbons (Fsp3) is 0.524. The predicted molar refractivity (Wildman–Crippen MR) is 105 cm³/mol. The molecule has 5 nitrogen and oxygen atoms in total. The molecular weight excluding hydrogens is 381 g/mol. The van der Waals surface area contributed by atoms with Crippen molar-refractivity contribution in [1.29, 1.82) is 0 Å². The third-order valence-corrected chi connectivity index (χ3v) is 5.98. The van der Waals surface area contributed by atoms with E-state index in [2.05, 4.69) is 34.0 Å². The lowest BCUT2D eigenvalue weighted by Gasteiger charge is -2.39. The molecule has 0 spiro atoms. The molecule has 29 heavy (non-hydrogen) atoms. The summed E-state index contributed by atoms with van der Waals surface area (Å²) in [5.74, 6) is 0.425. The Bertz CT molecular complexity index is 908. The number of phenolic OH excluding ortho intramolecular Hbond substituents is 1. The van der Waals surface area contributed by atoms with Crippen LogP contribution in [-0.2, 0) is 12.6 Å². The SMILES string of the molecule is Cc1cc(C(F)(F)F)cc(O)c1-c1cc2c(nn1)N([C@@H]1CCCN(C)C1)C(C)C2. The van der Waals surface area contributed by atoms with Gasteiger partial charge in [0.15, 0.2) is 5.82 Å². The quantitative estimate of drug-likeness (QED) is 0.816. The lowest BCUT2D eigenvalue weighted by Crippen LogP contribution is -2.49. The minimum atomic E-state index is -4.51. The maximum absolute atomic E-state index is 13.0. The summed E-state index contributed by atoms with van der Waals surface area (Å²) in [6, 6.07) is 4.32. The first-order valence-corrected chi connectivity index (χ1v) is 9.90. The zero-order valence-electron chi connectivity index (χ0n) is 16.8. The summed E-state index contributed by atoms with van der Waals surface area (Å²) in [4.78, 5) is 4.66. The van der Waals surface area contributed by atoms with E-state index < -0.39 is 17.5 Å². The van der Waals surface area contributed by atoms with Crippen LogP contribution in [0.2, 0.25) is 0 Å². The zero-order chi connectivity index (χ0) is 20.9. The van der Waals surface area contributed by atoms with Gasteiger partial charge in [-0.3, -0.25) is 0 Å². The molecule has 0 bridgehead atoms. The second-order valence-corrected chi connectivity index (χ2v) is 8.28. The van der Waals surface area contributed by atoms with Gasteiger partial charge in [0.2, 0.25) is 0 Å². The highest BCUT2D eigenvalue weighted by Crippen LogP contribution is 2.40. The van der Waals surface area contributed by atoms with E-state index >= 15 is 0 Å². The van der Waals surface area contributed by atoms with Crippen molar-refractivity contribution in [3.63, 3.8) is 0 Å². The highest BCUT2D eigenvalue weighted by atomic mass is 19.4. The van der Waals surface area contributed by atoms with E-state index in [1.807, 2.05) is 6.07 Å². The van der Waals surface area contributed by atoms with E-state index in [4.69, 9.17) is 0 Å². The van der Waals surface area contributed by atoms with Gasteiger partial charge in [0.1, 0.15) is 5.75 Å². The van der Waals surface area contributed by atoms with Gasteiger partial charge in [-0.25, -0.2) is 0 Å². The van der Waals surface area contributed by atoms with E-state index in [0.717, 1.165) is 55.9 Å². The molecule has 2 atom stereocenters. The Morgan fingerprint density at radius 2 is 1.93 bits per heavy atom. The average Bonchev–Trinajstić information content (AvgIpc) is 2.95. The maximum atomic E-state index is 13.0. The van der Waals surface area contributed by atoms with Gasteiger partial charge in [-0.05, 0) is 70.5 Å². The second-order valence-electron chi connectivity index (χ2n) is 8.28. The first-order valence-electron chi connectivity index (χ1n) is 9.90. The average molecular weight is 406 g/mol. The largest absolute Gasteiger partial charge is 0.507 e. The smallest absolute Gasteiger partial charge is 0.416 e. The molecule has 156 valence electrons. The number of hydrogen-bond acceptors (Lipinski definition) is 5. The number of phenols is 1. The number of halogens is 3. The number of likely N-dealkylation sites (N-methyl/N-ethyl adjacent to an activating group) is 1. The van der Waals surface area contributed by atoms with E-state index in [1.54, 1.807) is 6.92 Å². The monoisotopic (exact) mass is 406 g/mol. The molecular formula is C21H25F3N4O. The number of fused-ring (bicyclic) bond motifs is 1. The number of aryl methyl sites for hydroxylation is 1. The molecule has 0 amide bonds. The van der Waals surface area contributed by atoms with E-state index in [9.17, 15) is 18.3 Å². The van der Waals surface area contributed by atoms with Crippen LogP contribution in [-0.4, -0.2) is 52.4 Å². The number of nitrogens with zero attached hydrogens (tertiary/aromatic N) is 4. The summed E-state index contributed by atoms with van der Waals surface area (Å²) in [7, 11) is 2.12. The van der Waals surface area contributed by atoms with Crippen LogP contribution in [0, 0.1) is 6.92 Å². The number of aromatic nitrogens is 2. The molecule has 2 aliphatic rings. The lowest BCUT2D eigenvalue weighted by molar-refractivity contribution is -0.137. The summed E-state index contributed by atoms with van der Waals surface area (Å²) >= 11 is 0. The molecule has 0 radical (unpaired) electrons. The van der Waals surface area contributed by atoms with Crippen molar-refractivity contribution < 1.29 is 18.3 Å². The Morgan fingerprint density at radius 1 is 1.17 bits per heavy atom. The van der Waals surface area contributed by atoms with Crippen molar-refractivity contribution in [2.24, 2.45) is 0 Å². The van der Waals surface area contributed by atoms with Crippen molar-refractivity contribution in [3.05, 3.63) is 34.9 Å². The fourth-order valence-corrected chi connectivity index (χ4v) is 4.70. The molecule has 3 heterocycles. The van der Waals surface area contributed by atoms with E-state index in [0.29, 0.717) is 22.9 Å². The van der Waals surface area contributed by atoms with E-state index in [1.165, 1.54) is 0 Å². The highest BCUT2D eigenvalue weighted by Gasteiger charge is 2.36. The predicted octanol–water partition coefficient (Wildman–Crippen LogP) is 4.02. The first kappa shape index (κ1) is 19.9. The summed E-state index contributed by atoms with van der Waals surface area (Å²) in [6.07, 6.45) is -1.45. The van der Waals surface area contributed by atoms with E-state index in [-0.39, 0.29) is 6.04 Å². The number of benzene rings is 1. The number of anilines is 1. The Hall–Kier alpha value is -2.35. The first-order chi connectivity index (χ1) is 13.6. The normalized spacial score (nSPS) is 22.8. The number of rotatable bonds is 2. The lowest BCUT2D eigenvalue weighted by atomic mass is 9.99. The Labute approximate surface area is 168 Å². The Kier molecular flexibility index (Phi) is 4.93. The molecule has 1 N–H and O–H groups in total. The van der Waals surface area contributed by atoms with Crippen LogP contribution in [0.1, 0.15) is 36.5 Å². The van der Waals surface area contributed by atoms with Crippen molar-refractivity contribution >= 4 is 5.82 Å². The Morgan fingerprint density at radius 3 is 2.59 bits per heavy atom. The fourth-order valence-electron chi connectivity index (χ4n) is 4.70. The van der Waals surface area contributed by atoms with Crippen LogP contribution in [0.15, 0.2) is 18.2 Å². The topological polar surface area (TPSA) is 52.5 Å². The minimum Gasteiger partial charge on any atom is -0.507 e. The number of piperidine rings is 1. The number of alkyl halides is 3. The molecule has 1 aromatic heterocycles. The molecule has 1 saturated heterocycles. The summed E-state index contributed by atoms with van der Waals surface area (Å²) < 4.78 is 39.0. The van der Waals surface area contributed by atoms with Crippen LogP contribution in [0.4, 0.5) is 19.0 Å². The minimum absolute atomic E-state index is 0.286. The molecule has 8 heteroatoms. The van der Waals surface area contributed by atoms with Gasteiger partial charge in [-0.2, -0.15) is 13.2 Å². The van der Waals surface area contributed by atoms with Gasteiger partial charge in [0, 0.05) is 29.8 Å². The van der Waals surface area contributed by atoms with Crippen LogP contribution in [0.25, 0.3) is 11.3 Å². The molecule has 0 saturated carbocycles. The third-order valence-electron chi connectivity index (χ3n) is 5.98. The van der Waals surface area contributed by atoms with Gasteiger partial charge in [0.25, 0.3) is 0 Å². The number of likely N-dealkylation sites (tertiary alicyclic amines) is 1. The standard InChI is InChI=1S/C21H25F3N4O/c1-12-7-15(21(22,23)24)10-18(29)19(12)17-9-14-8-13(2)28(20(14)26-25-17)16-5-4-6-27(3)11-16/h7,9-10,13,16,29H,4-6,8,11H2,1-3H3/t13?,16-/m1/s1. The van der Waals surface area contributed by atoms with Gasteiger partial charge >= 0.3 is 6.18 Å². The van der Waals surface area contributed by atoms with Gasteiger partial charge in [-0.1, -0.05) is 0 Å². The van der Waals surface area contributed by atoms with Crippen LogP contribution in [0.3, 0.4) is 0 Å². The number of aromatic hydroxyl groups is 1. The third kappa shape index (κ3) is 3.66. The van der Waals surface area contributed by atoms with Crippen LogP contribution in [0.5, 0.6) is 5.75 Å². The molecule has 2 aliphatic heterocycles. The van der Waals surface area contributed by atoms with Crippen LogP contribution < -0.4 is 4.90 Å². The molecule has 0 aliphatic carbocycles. The number of hydrogen-bond donors (Lipinski definition) is 1. The summed E-state index contributed by atoms with van der Waals surface area (Å²) in [6.45, 7) is 5.79. The molecule has 4 rings (SSSR count). The van der Waals surface area contributed by atoms with Gasteiger partial charge < -0.3 is 14.9 Å². The highest BCUT2D eigenvalue weighted by molar-refractivity contribution is 5.73. The van der Waals surface area contributed by atoms with Gasteiger partial charge in [0.05, 0.1) is 11.3 Å². The van der Waals surface area contributed by atoms with Crippen LogP contribution >= 0.6 is 0 Å². The molecule has 2 aromatic rings. The zero-order valence-corrected chi connectivity index (χ0v) is 16.8. The Balaban J connectivity index is 1.69. The van der Waals surface area contributed by atoms with Crippen molar-refractivity contribution in [1.82, 2.24) is 15.1 Å². The second kappa shape index (κ2) is 7.16. The molecule has 1 fully saturated rings. The summed E-state index contributed by atoms with van der Waals surface area (Å²) in [5.41, 5.74) is 1.18. The van der Waals surface area contributed by atoms with Crippen molar-refractivity contribution in [2.45, 2.75) is 51.4 Å². The molecule has 1 aromatic carbocycles. The van der Waals surface area contributed by atoms with Gasteiger partial charge in [-0.15, -0.1) is 10.2 Å². The summed E-state index contributed by atoms with van der Waals surface area (Å²) in [5, 5.41) is 19.0. The van der Waals surface area contributed by atoms with Crippen molar-refractivity contribution in [3.8, 4) is 17.0 Å².